The SMILES string of the molecule is CN=C(NCc1ccc(N2CCOC(C)C2)nc1)NCC(C)c1cccc(C)c1. The molecule has 2 unspecified atom stereocenters. The molecule has 2 heterocycles. The topological polar surface area (TPSA) is 61.8 Å². The van der Waals surface area contributed by atoms with E-state index >= 15 is 0 Å². The fraction of sp³-hybridized carbons (Fsp3) is 0.478. The fourth-order valence-electron chi connectivity index (χ4n) is 3.49. The molecule has 2 aromatic rings. The van der Waals surface area contributed by atoms with Crippen LogP contribution in [-0.2, 0) is 11.3 Å². The van der Waals surface area contributed by atoms with Gasteiger partial charge in [-0.1, -0.05) is 42.8 Å². The molecule has 29 heavy (non-hydrogen) atoms. The summed E-state index contributed by atoms with van der Waals surface area (Å²) in [6.07, 6.45) is 2.19. The maximum absolute atomic E-state index is 5.60. The summed E-state index contributed by atoms with van der Waals surface area (Å²) in [5.74, 6) is 2.22. The first-order valence-corrected chi connectivity index (χ1v) is 10.4. The number of hydrogen-bond donors (Lipinski definition) is 2. The minimum Gasteiger partial charge on any atom is -0.375 e. The first-order chi connectivity index (χ1) is 14.0. The molecule has 3 rings (SSSR count). The summed E-state index contributed by atoms with van der Waals surface area (Å²) in [7, 11) is 1.80. The van der Waals surface area contributed by atoms with E-state index in [1.54, 1.807) is 7.05 Å². The lowest BCUT2D eigenvalue weighted by Gasteiger charge is -2.32. The van der Waals surface area contributed by atoms with Crippen molar-refractivity contribution in [1.82, 2.24) is 15.6 Å². The molecule has 0 saturated carbocycles. The molecule has 0 bridgehead atoms. The second-order valence-corrected chi connectivity index (χ2v) is 7.77. The zero-order chi connectivity index (χ0) is 20.6. The highest BCUT2D eigenvalue weighted by Crippen LogP contribution is 2.16. The largest absolute Gasteiger partial charge is 0.375 e. The van der Waals surface area contributed by atoms with Crippen molar-refractivity contribution in [3.05, 3.63) is 59.3 Å². The Morgan fingerprint density at radius 1 is 1.31 bits per heavy atom. The van der Waals surface area contributed by atoms with Crippen LogP contribution in [0.15, 0.2) is 47.6 Å². The Labute approximate surface area is 174 Å². The summed E-state index contributed by atoms with van der Waals surface area (Å²) in [6, 6.07) is 12.9. The summed E-state index contributed by atoms with van der Waals surface area (Å²) in [5, 5.41) is 6.80. The molecule has 6 nitrogen and oxygen atoms in total. The number of pyridine rings is 1. The van der Waals surface area contributed by atoms with E-state index in [-0.39, 0.29) is 6.10 Å². The summed E-state index contributed by atoms with van der Waals surface area (Å²) >= 11 is 0. The normalized spacial score (nSPS) is 18.4. The average Bonchev–Trinajstić information content (AvgIpc) is 2.74. The predicted octanol–water partition coefficient (Wildman–Crippen LogP) is 3.08. The van der Waals surface area contributed by atoms with Crippen LogP contribution in [0.3, 0.4) is 0 Å². The van der Waals surface area contributed by atoms with Crippen molar-refractivity contribution in [3.8, 4) is 0 Å². The maximum atomic E-state index is 5.60. The number of ether oxygens (including phenoxy) is 1. The Kier molecular flexibility index (Phi) is 7.47. The summed E-state index contributed by atoms with van der Waals surface area (Å²) < 4.78 is 5.60. The van der Waals surface area contributed by atoms with E-state index in [4.69, 9.17) is 4.74 Å². The van der Waals surface area contributed by atoms with E-state index in [9.17, 15) is 0 Å². The number of aryl methyl sites for hydroxylation is 1. The zero-order valence-corrected chi connectivity index (χ0v) is 18.0. The Hall–Kier alpha value is -2.60. The van der Waals surface area contributed by atoms with Crippen molar-refractivity contribution >= 4 is 11.8 Å². The molecule has 0 radical (unpaired) electrons. The number of rotatable bonds is 6. The maximum Gasteiger partial charge on any atom is 0.191 e. The lowest BCUT2D eigenvalue weighted by molar-refractivity contribution is 0.0529. The smallest absolute Gasteiger partial charge is 0.191 e. The molecule has 1 aliphatic rings. The van der Waals surface area contributed by atoms with Crippen molar-refractivity contribution < 1.29 is 4.74 Å². The van der Waals surface area contributed by atoms with Crippen molar-refractivity contribution in [2.75, 3.05) is 38.2 Å². The number of aromatic nitrogens is 1. The third-order valence-corrected chi connectivity index (χ3v) is 5.24. The number of benzene rings is 1. The highest BCUT2D eigenvalue weighted by molar-refractivity contribution is 5.79. The number of nitrogens with zero attached hydrogens (tertiary/aromatic N) is 3. The number of guanidine groups is 1. The van der Waals surface area contributed by atoms with Crippen molar-refractivity contribution in [2.45, 2.75) is 39.3 Å². The van der Waals surface area contributed by atoms with Crippen molar-refractivity contribution in [1.29, 1.82) is 0 Å². The van der Waals surface area contributed by atoms with Gasteiger partial charge in [-0.3, -0.25) is 4.99 Å². The predicted molar refractivity (Wildman–Crippen MR) is 120 cm³/mol. The first kappa shape index (κ1) is 21.1. The highest BCUT2D eigenvalue weighted by Gasteiger charge is 2.17. The fourth-order valence-corrected chi connectivity index (χ4v) is 3.49. The molecule has 0 aliphatic carbocycles. The van der Waals surface area contributed by atoms with E-state index in [0.29, 0.717) is 12.5 Å². The molecule has 2 atom stereocenters. The third-order valence-electron chi connectivity index (χ3n) is 5.24. The number of anilines is 1. The van der Waals surface area contributed by atoms with Gasteiger partial charge in [-0.05, 0) is 37.0 Å². The lowest BCUT2D eigenvalue weighted by atomic mass is 9.99. The van der Waals surface area contributed by atoms with Crippen LogP contribution >= 0.6 is 0 Å². The zero-order valence-electron chi connectivity index (χ0n) is 18.0. The number of nitrogens with one attached hydrogen (secondary N) is 2. The minimum absolute atomic E-state index is 0.253. The molecule has 1 fully saturated rings. The Morgan fingerprint density at radius 3 is 2.86 bits per heavy atom. The van der Waals surface area contributed by atoms with Gasteiger partial charge in [-0.25, -0.2) is 4.98 Å². The van der Waals surface area contributed by atoms with Crippen LogP contribution in [0, 0.1) is 6.92 Å². The molecule has 1 saturated heterocycles. The highest BCUT2D eigenvalue weighted by atomic mass is 16.5. The van der Waals surface area contributed by atoms with Crippen molar-refractivity contribution in [3.63, 3.8) is 0 Å². The van der Waals surface area contributed by atoms with Gasteiger partial charge in [0, 0.05) is 39.4 Å². The molecule has 1 aromatic carbocycles. The second-order valence-electron chi connectivity index (χ2n) is 7.77. The van der Waals surface area contributed by atoms with Gasteiger partial charge >= 0.3 is 0 Å². The number of morpholine rings is 1. The van der Waals surface area contributed by atoms with Crippen LogP contribution in [-0.4, -0.2) is 50.3 Å². The van der Waals surface area contributed by atoms with Crippen LogP contribution in [0.5, 0.6) is 0 Å². The summed E-state index contributed by atoms with van der Waals surface area (Å²) in [5.41, 5.74) is 3.76. The minimum atomic E-state index is 0.253. The van der Waals surface area contributed by atoms with Gasteiger partial charge in [0.05, 0.1) is 12.7 Å². The molecule has 0 spiro atoms. The standard InChI is InChI=1S/C23H33N5O/c1-17-6-5-7-21(12-17)18(2)13-26-23(24-4)27-15-20-8-9-22(25-14-20)28-10-11-29-19(3)16-28/h5-9,12,14,18-19H,10-11,13,15-16H2,1-4H3,(H2,24,26,27). The van der Waals surface area contributed by atoms with Gasteiger partial charge in [0.15, 0.2) is 5.96 Å². The molecule has 1 aromatic heterocycles. The summed E-state index contributed by atoms with van der Waals surface area (Å²) in [6.45, 7) is 10.5. The monoisotopic (exact) mass is 395 g/mol. The van der Waals surface area contributed by atoms with Crippen LogP contribution in [0.4, 0.5) is 5.82 Å². The lowest BCUT2D eigenvalue weighted by Crippen LogP contribution is -2.41. The molecule has 0 amide bonds. The molecular formula is C23H33N5O. The molecule has 2 N–H and O–H groups in total. The Morgan fingerprint density at radius 2 is 2.17 bits per heavy atom. The second kappa shape index (κ2) is 10.3. The van der Waals surface area contributed by atoms with E-state index in [1.165, 1.54) is 11.1 Å². The van der Waals surface area contributed by atoms with E-state index in [2.05, 4.69) is 82.7 Å². The van der Waals surface area contributed by atoms with Crippen LogP contribution in [0.1, 0.15) is 36.5 Å². The van der Waals surface area contributed by atoms with Gasteiger partial charge in [0.25, 0.3) is 0 Å². The Bertz CT molecular complexity index is 805. The third kappa shape index (κ3) is 6.19. The quantitative estimate of drug-likeness (QED) is 0.581. The van der Waals surface area contributed by atoms with Crippen molar-refractivity contribution in [2.24, 2.45) is 4.99 Å². The molecule has 1 aliphatic heterocycles. The first-order valence-electron chi connectivity index (χ1n) is 10.4. The van der Waals surface area contributed by atoms with E-state index in [0.717, 1.165) is 43.6 Å². The van der Waals surface area contributed by atoms with Gasteiger partial charge in [-0.2, -0.15) is 0 Å². The van der Waals surface area contributed by atoms with Gasteiger partial charge < -0.3 is 20.3 Å². The molecule has 6 heteroatoms. The van der Waals surface area contributed by atoms with E-state index in [1.807, 2.05) is 6.20 Å². The molecular weight excluding hydrogens is 362 g/mol. The van der Waals surface area contributed by atoms with E-state index < -0.39 is 0 Å². The number of hydrogen-bond acceptors (Lipinski definition) is 4. The van der Waals surface area contributed by atoms with Crippen LogP contribution in [0.2, 0.25) is 0 Å². The van der Waals surface area contributed by atoms with Gasteiger partial charge in [-0.15, -0.1) is 0 Å². The van der Waals surface area contributed by atoms with Crippen LogP contribution < -0.4 is 15.5 Å². The summed E-state index contributed by atoms with van der Waals surface area (Å²) in [4.78, 5) is 11.2. The Balaban J connectivity index is 1.47. The van der Waals surface area contributed by atoms with Gasteiger partial charge in [0.2, 0.25) is 0 Å². The molecule has 156 valence electrons. The van der Waals surface area contributed by atoms with Gasteiger partial charge in [0.1, 0.15) is 5.82 Å². The van der Waals surface area contributed by atoms with Crippen LogP contribution in [0.25, 0.3) is 0 Å². The average molecular weight is 396 g/mol. The number of aliphatic imine (C=N–C) groups is 1.